The average Bonchev–Trinajstić information content (AvgIpc) is 3.25. The van der Waals surface area contributed by atoms with Gasteiger partial charge in [0.15, 0.2) is 11.0 Å². The number of aryl methyl sites for hydroxylation is 1. The van der Waals surface area contributed by atoms with Gasteiger partial charge in [0.1, 0.15) is 5.75 Å². The number of methoxy groups -OCH3 is 1. The van der Waals surface area contributed by atoms with Crippen molar-refractivity contribution in [1.29, 1.82) is 0 Å². The van der Waals surface area contributed by atoms with Gasteiger partial charge in [-0.1, -0.05) is 49.4 Å². The fraction of sp³-hybridized carbons (Fsp3) is 0.308. The molecule has 0 aliphatic rings. The van der Waals surface area contributed by atoms with Crippen LogP contribution in [0.5, 0.6) is 5.75 Å². The smallest absolute Gasteiger partial charge is 0.251 e. The first kappa shape index (κ1) is 27.3. The van der Waals surface area contributed by atoms with Gasteiger partial charge in [0.05, 0.1) is 18.9 Å². The van der Waals surface area contributed by atoms with Gasteiger partial charge in [-0.05, 0) is 54.8 Å². The molecule has 0 aliphatic carbocycles. The number of aromatic nitrogens is 3. The van der Waals surface area contributed by atoms with Crippen LogP contribution in [0.2, 0.25) is 5.02 Å². The Kier molecular flexibility index (Phi) is 9.55. The quantitative estimate of drug-likeness (QED) is 0.259. The molecule has 3 aromatic rings. The van der Waals surface area contributed by atoms with Crippen LogP contribution in [-0.4, -0.2) is 39.4 Å². The van der Waals surface area contributed by atoms with E-state index in [4.69, 9.17) is 16.3 Å². The van der Waals surface area contributed by atoms with Gasteiger partial charge >= 0.3 is 0 Å². The number of hydrogen-bond acceptors (Lipinski definition) is 6. The Labute approximate surface area is 220 Å². The van der Waals surface area contributed by atoms with Crippen molar-refractivity contribution in [2.75, 3.05) is 18.2 Å². The van der Waals surface area contributed by atoms with Gasteiger partial charge in [0.2, 0.25) is 5.91 Å². The molecule has 3 rings (SSSR count). The lowest BCUT2D eigenvalue weighted by atomic mass is 10.0. The number of carbonyl (C=O) groups is 2. The second-order valence-corrected chi connectivity index (χ2v) is 9.84. The predicted molar refractivity (Wildman–Crippen MR) is 144 cm³/mol. The van der Waals surface area contributed by atoms with Crippen LogP contribution in [0.25, 0.3) is 0 Å². The summed E-state index contributed by atoms with van der Waals surface area (Å²) in [7, 11) is 1.58. The fourth-order valence-corrected chi connectivity index (χ4v) is 4.41. The Balaban J connectivity index is 1.75. The van der Waals surface area contributed by atoms with Crippen molar-refractivity contribution in [3.63, 3.8) is 0 Å². The highest BCUT2D eigenvalue weighted by Gasteiger charge is 2.26. The zero-order chi connectivity index (χ0) is 26.2. The van der Waals surface area contributed by atoms with E-state index in [1.54, 1.807) is 49.6 Å². The van der Waals surface area contributed by atoms with Crippen molar-refractivity contribution >= 4 is 40.9 Å². The molecule has 0 unspecified atom stereocenters. The number of nitrogens with zero attached hydrogens (tertiary/aromatic N) is 3. The van der Waals surface area contributed by atoms with E-state index in [2.05, 4.69) is 27.4 Å². The maximum absolute atomic E-state index is 13.0. The van der Waals surface area contributed by atoms with E-state index in [1.807, 2.05) is 31.4 Å². The summed E-state index contributed by atoms with van der Waals surface area (Å²) < 4.78 is 7.04. The number of hydrogen-bond donors (Lipinski definition) is 2. The van der Waals surface area contributed by atoms with Gasteiger partial charge in [-0.3, -0.25) is 9.59 Å². The largest absolute Gasteiger partial charge is 0.497 e. The number of allylic oxidation sites excluding steroid dienone is 1. The maximum Gasteiger partial charge on any atom is 0.251 e. The monoisotopic (exact) mass is 527 g/mol. The van der Waals surface area contributed by atoms with Crippen LogP contribution in [0.1, 0.15) is 41.6 Å². The Morgan fingerprint density at radius 3 is 2.56 bits per heavy atom. The molecule has 0 saturated carbocycles. The van der Waals surface area contributed by atoms with E-state index in [1.165, 1.54) is 11.8 Å². The number of ether oxygens (including phenoxy) is 1. The van der Waals surface area contributed by atoms with Gasteiger partial charge < -0.3 is 19.9 Å². The number of thioether (sulfide) groups is 1. The van der Waals surface area contributed by atoms with Gasteiger partial charge in [-0.2, -0.15) is 0 Å². The van der Waals surface area contributed by atoms with Gasteiger partial charge in [0, 0.05) is 22.8 Å². The highest BCUT2D eigenvalue weighted by atomic mass is 35.5. The van der Waals surface area contributed by atoms with E-state index >= 15 is 0 Å². The first-order valence-electron chi connectivity index (χ1n) is 11.4. The average molecular weight is 528 g/mol. The third-order valence-electron chi connectivity index (χ3n) is 5.45. The molecule has 10 heteroatoms. The van der Waals surface area contributed by atoms with E-state index in [9.17, 15) is 9.59 Å². The maximum atomic E-state index is 13.0. The van der Waals surface area contributed by atoms with E-state index < -0.39 is 6.04 Å². The Morgan fingerprint density at radius 1 is 1.19 bits per heavy atom. The van der Waals surface area contributed by atoms with Crippen molar-refractivity contribution in [3.05, 3.63) is 77.1 Å². The molecule has 8 nitrogen and oxygen atoms in total. The van der Waals surface area contributed by atoms with E-state index in [0.29, 0.717) is 39.5 Å². The number of anilines is 1. The minimum absolute atomic E-state index is 0.0342. The Morgan fingerprint density at radius 2 is 1.92 bits per heavy atom. The summed E-state index contributed by atoms with van der Waals surface area (Å²) >= 11 is 7.32. The molecule has 0 saturated heterocycles. The Bertz CT molecular complexity index is 1230. The molecule has 2 N–H and O–H groups in total. The zero-order valence-electron chi connectivity index (χ0n) is 20.7. The van der Waals surface area contributed by atoms with E-state index in [0.717, 1.165) is 5.56 Å². The molecule has 0 spiro atoms. The first-order chi connectivity index (χ1) is 17.2. The Hall–Kier alpha value is -3.30. The van der Waals surface area contributed by atoms with Crippen LogP contribution in [0.3, 0.4) is 0 Å². The molecule has 36 heavy (non-hydrogen) atoms. The molecule has 1 heterocycles. The minimum atomic E-state index is -0.399. The summed E-state index contributed by atoms with van der Waals surface area (Å²) in [4.78, 5) is 25.5. The molecule has 1 aromatic heterocycles. The summed E-state index contributed by atoms with van der Waals surface area (Å²) in [6, 6.07) is 11.8. The molecule has 1 atom stereocenters. The SMILES string of the molecule is C=CCn1c(SCC(=O)Nc2cc(Cl)ccc2C)nnc1[C@@H](NC(=O)c1ccc(OC)cc1)C(C)C. The number of rotatable bonds is 11. The van der Waals surface area contributed by atoms with Crippen LogP contribution in [0.4, 0.5) is 5.69 Å². The topological polar surface area (TPSA) is 98.1 Å². The highest BCUT2D eigenvalue weighted by molar-refractivity contribution is 7.99. The molecule has 2 amide bonds. The van der Waals surface area contributed by atoms with Crippen LogP contribution in [-0.2, 0) is 11.3 Å². The predicted octanol–water partition coefficient (Wildman–Crippen LogP) is 5.29. The van der Waals surface area contributed by atoms with Crippen molar-refractivity contribution in [3.8, 4) is 5.75 Å². The van der Waals surface area contributed by atoms with Crippen LogP contribution in [0, 0.1) is 12.8 Å². The number of halogens is 1. The zero-order valence-corrected chi connectivity index (χ0v) is 22.3. The lowest BCUT2D eigenvalue weighted by molar-refractivity contribution is -0.113. The summed E-state index contributed by atoms with van der Waals surface area (Å²) in [6.07, 6.45) is 1.73. The molecule has 2 aromatic carbocycles. The summed E-state index contributed by atoms with van der Waals surface area (Å²) in [5, 5.41) is 15.8. The van der Waals surface area contributed by atoms with Crippen molar-refractivity contribution in [2.45, 2.75) is 38.5 Å². The lowest BCUT2D eigenvalue weighted by Crippen LogP contribution is -2.33. The molecule has 190 valence electrons. The number of carbonyl (C=O) groups excluding carboxylic acids is 2. The molecule has 0 radical (unpaired) electrons. The highest BCUT2D eigenvalue weighted by Crippen LogP contribution is 2.26. The first-order valence-corrected chi connectivity index (χ1v) is 12.8. The third kappa shape index (κ3) is 6.89. The standard InChI is InChI=1S/C26H30ClN5O3S/c1-6-13-32-24(23(16(2)3)29-25(34)18-8-11-20(35-5)12-9-18)30-31-26(32)36-15-22(33)28-21-14-19(27)10-7-17(21)4/h6-12,14,16,23H,1,13,15H2,2-5H3,(H,28,33)(H,29,34)/t23-/m0/s1. The molecule has 0 fully saturated rings. The molecular weight excluding hydrogens is 498 g/mol. The third-order valence-corrected chi connectivity index (χ3v) is 6.65. The fourth-order valence-electron chi connectivity index (χ4n) is 3.48. The summed E-state index contributed by atoms with van der Waals surface area (Å²) in [6.45, 7) is 10.2. The van der Waals surface area contributed by atoms with Crippen molar-refractivity contribution in [2.24, 2.45) is 5.92 Å². The number of amides is 2. The number of benzene rings is 2. The molecule has 0 aliphatic heterocycles. The van der Waals surface area contributed by atoms with Gasteiger partial charge in [-0.15, -0.1) is 16.8 Å². The lowest BCUT2D eigenvalue weighted by Gasteiger charge is -2.22. The summed E-state index contributed by atoms with van der Waals surface area (Å²) in [5.74, 6) is 1.02. The summed E-state index contributed by atoms with van der Waals surface area (Å²) in [5.41, 5.74) is 2.10. The molecular formula is C26H30ClN5O3S. The van der Waals surface area contributed by atoms with Crippen molar-refractivity contribution in [1.82, 2.24) is 20.1 Å². The van der Waals surface area contributed by atoms with Gasteiger partial charge in [-0.25, -0.2) is 0 Å². The van der Waals surface area contributed by atoms with Gasteiger partial charge in [0.25, 0.3) is 5.91 Å². The van der Waals surface area contributed by atoms with Crippen molar-refractivity contribution < 1.29 is 14.3 Å². The minimum Gasteiger partial charge on any atom is -0.497 e. The van der Waals surface area contributed by atoms with Crippen LogP contribution >= 0.6 is 23.4 Å². The van der Waals surface area contributed by atoms with E-state index in [-0.39, 0.29) is 23.5 Å². The second-order valence-electron chi connectivity index (χ2n) is 8.46. The van der Waals surface area contributed by atoms with Crippen LogP contribution in [0.15, 0.2) is 60.3 Å². The number of nitrogens with one attached hydrogen (secondary N) is 2. The normalized spacial score (nSPS) is 11.7. The molecule has 0 bridgehead atoms. The second kappa shape index (κ2) is 12.6. The van der Waals surface area contributed by atoms with Crippen LogP contribution < -0.4 is 15.4 Å².